The van der Waals surface area contributed by atoms with E-state index in [0.29, 0.717) is 45.8 Å². The van der Waals surface area contributed by atoms with E-state index in [0.717, 1.165) is 6.42 Å². The van der Waals surface area contributed by atoms with E-state index in [2.05, 4.69) is 5.32 Å². The Bertz CT molecular complexity index is 901. The zero-order valence-electron chi connectivity index (χ0n) is 19.2. The van der Waals surface area contributed by atoms with E-state index in [-0.39, 0.29) is 30.8 Å². The molecule has 0 bridgehead atoms. The molecule has 0 aliphatic heterocycles. The quantitative estimate of drug-likeness (QED) is 0.328. The van der Waals surface area contributed by atoms with Crippen LogP contribution in [0.3, 0.4) is 0 Å². The van der Waals surface area contributed by atoms with Crippen LogP contribution < -0.4 is 10.1 Å². The maximum atomic E-state index is 13.3. The topological polar surface area (TPSA) is 58.6 Å². The van der Waals surface area contributed by atoms with E-state index < -0.39 is 6.04 Å². The van der Waals surface area contributed by atoms with E-state index in [4.69, 9.17) is 39.5 Å². The van der Waals surface area contributed by atoms with Crippen molar-refractivity contribution in [3.63, 3.8) is 0 Å². The summed E-state index contributed by atoms with van der Waals surface area (Å²) in [4.78, 5) is 27.8. The van der Waals surface area contributed by atoms with E-state index in [1.54, 1.807) is 47.4 Å². The summed E-state index contributed by atoms with van der Waals surface area (Å²) in [7, 11) is 0. The molecule has 0 aromatic heterocycles. The molecule has 33 heavy (non-hydrogen) atoms. The summed E-state index contributed by atoms with van der Waals surface area (Å²) in [5.41, 5.74) is 0.626. The summed E-state index contributed by atoms with van der Waals surface area (Å²) in [5, 5.41) is 4.55. The van der Waals surface area contributed by atoms with Crippen LogP contribution in [0.15, 0.2) is 42.5 Å². The van der Waals surface area contributed by atoms with Gasteiger partial charge in [0.15, 0.2) is 0 Å². The van der Waals surface area contributed by atoms with Crippen LogP contribution in [-0.4, -0.2) is 35.4 Å². The maximum absolute atomic E-state index is 13.3. The van der Waals surface area contributed by atoms with Crippen LogP contribution >= 0.6 is 34.8 Å². The summed E-state index contributed by atoms with van der Waals surface area (Å²) >= 11 is 18.6. The van der Waals surface area contributed by atoms with Gasteiger partial charge in [0.1, 0.15) is 11.8 Å². The highest BCUT2D eigenvalue weighted by molar-refractivity contribution is 6.36. The number of amides is 2. The number of hydrogen-bond donors (Lipinski definition) is 1. The van der Waals surface area contributed by atoms with Gasteiger partial charge in [-0.1, -0.05) is 54.7 Å². The molecule has 2 amide bonds. The zero-order valence-corrected chi connectivity index (χ0v) is 21.5. The van der Waals surface area contributed by atoms with Gasteiger partial charge >= 0.3 is 0 Å². The van der Waals surface area contributed by atoms with Crippen LogP contribution in [0.2, 0.25) is 15.1 Å². The fraction of sp³-hybridized carbons (Fsp3) is 0.440. The van der Waals surface area contributed by atoms with Gasteiger partial charge in [-0.05, 0) is 62.6 Å². The Balaban J connectivity index is 2.13. The van der Waals surface area contributed by atoms with Crippen molar-refractivity contribution >= 4 is 46.6 Å². The van der Waals surface area contributed by atoms with Gasteiger partial charge in [0.25, 0.3) is 0 Å². The molecule has 0 aliphatic rings. The number of benzene rings is 2. The second-order valence-electron chi connectivity index (χ2n) is 7.87. The molecule has 2 unspecified atom stereocenters. The second-order valence-corrected chi connectivity index (χ2v) is 9.12. The van der Waals surface area contributed by atoms with Gasteiger partial charge in [-0.2, -0.15) is 0 Å². The predicted octanol–water partition coefficient (Wildman–Crippen LogP) is 6.53. The molecule has 0 aliphatic carbocycles. The molecule has 2 rings (SSSR count). The van der Waals surface area contributed by atoms with Crippen LogP contribution in [0, 0.1) is 0 Å². The van der Waals surface area contributed by atoms with Gasteiger partial charge < -0.3 is 15.0 Å². The SMILES string of the molecule is CCC(C)NC(=O)C(CC)N(Cc1c(Cl)cccc1Cl)C(=O)CCCOc1ccc(Cl)cc1. The van der Waals surface area contributed by atoms with E-state index in [1.807, 2.05) is 20.8 Å². The number of carbonyl (C=O) groups excluding carboxylic acids is 2. The zero-order chi connectivity index (χ0) is 24.4. The number of hydrogen-bond acceptors (Lipinski definition) is 3. The summed E-state index contributed by atoms with van der Waals surface area (Å²) in [6, 6.07) is 11.6. The minimum Gasteiger partial charge on any atom is -0.494 e. The normalized spacial score (nSPS) is 12.7. The number of halogens is 3. The second kappa shape index (κ2) is 13.7. The third-order valence-corrected chi connectivity index (χ3v) is 6.35. The molecule has 1 N–H and O–H groups in total. The van der Waals surface area contributed by atoms with Crippen LogP contribution in [-0.2, 0) is 16.1 Å². The van der Waals surface area contributed by atoms with Crippen LogP contribution in [0.1, 0.15) is 52.0 Å². The lowest BCUT2D eigenvalue weighted by atomic mass is 10.1. The molecule has 5 nitrogen and oxygen atoms in total. The van der Waals surface area contributed by atoms with E-state index in [9.17, 15) is 9.59 Å². The van der Waals surface area contributed by atoms with Gasteiger partial charge in [-0.25, -0.2) is 0 Å². The van der Waals surface area contributed by atoms with Crippen LogP contribution in [0.4, 0.5) is 0 Å². The Kier molecular flexibility index (Phi) is 11.3. The summed E-state index contributed by atoms with van der Waals surface area (Å²) < 4.78 is 5.70. The highest BCUT2D eigenvalue weighted by Gasteiger charge is 2.30. The van der Waals surface area contributed by atoms with E-state index in [1.165, 1.54) is 0 Å². The number of ether oxygens (including phenoxy) is 1. The first kappa shape index (κ1) is 27.3. The first-order valence-electron chi connectivity index (χ1n) is 11.2. The summed E-state index contributed by atoms with van der Waals surface area (Å²) in [5.74, 6) is 0.351. The summed E-state index contributed by atoms with van der Waals surface area (Å²) in [6.45, 7) is 6.35. The maximum Gasteiger partial charge on any atom is 0.243 e. The molecular formula is C25H31Cl3N2O3. The van der Waals surface area contributed by atoms with Crippen LogP contribution in [0.5, 0.6) is 5.75 Å². The minimum atomic E-state index is -0.629. The Labute approximate surface area is 211 Å². The number of nitrogens with one attached hydrogen (secondary N) is 1. The highest BCUT2D eigenvalue weighted by atomic mass is 35.5. The van der Waals surface area contributed by atoms with Crippen molar-refractivity contribution in [1.82, 2.24) is 10.2 Å². The third-order valence-electron chi connectivity index (χ3n) is 5.39. The Hall–Kier alpha value is -1.95. The predicted molar refractivity (Wildman–Crippen MR) is 135 cm³/mol. The van der Waals surface area contributed by atoms with Gasteiger partial charge in [0.2, 0.25) is 11.8 Å². The van der Waals surface area contributed by atoms with Crippen molar-refractivity contribution in [1.29, 1.82) is 0 Å². The molecule has 0 spiro atoms. The molecule has 180 valence electrons. The molecule has 2 atom stereocenters. The lowest BCUT2D eigenvalue weighted by Gasteiger charge is -2.32. The first-order chi connectivity index (χ1) is 15.8. The van der Waals surface area contributed by atoms with Crippen molar-refractivity contribution in [2.45, 2.75) is 65.1 Å². The fourth-order valence-corrected chi connectivity index (χ4v) is 3.95. The molecule has 2 aromatic carbocycles. The van der Waals surface area contributed by atoms with Gasteiger partial charge in [0.05, 0.1) is 6.61 Å². The average Bonchev–Trinajstić information content (AvgIpc) is 2.79. The molecule has 2 aromatic rings. The Morgan fingerprint density at radius 3 is 2.21 bits per heavy atom. The highest BCUT2D eigenvalue weighted by Crippen LogP contribution is 2.27. The Morgan fingerprint density at radius 1 is 1.00 bits per heavy atom. The summed E-state index contributed by atoms with van der Waals surface area (Å²) in [6.07, 6.45) is 1.99. The lowest BCUT2D eigenvalue weighted by Crippen LogP contribution is -2.50. The molecule has 0 saturated heterocycles. The molecule has 0 radical (unpaired) electrons. The standard InChI is InChI=1S/C25H31Cl3N2O3/c1-4-17(3)29-25(32)23(5-2)30(16-20-21(27)8-6-9-22(20)28)24(31)10-7-15-33-19-13-11-18(26)12-14-19/h6,8-9,11-14,17,23H,4-5,7,10,15-16H2,1-3H3,(H,29,32). The van der Waals surface area contributed by atoms with Crippen molar-refractivity contribution in [2.24, 2.45) is 0 Å². The van der Waals surface area contributed by atoms with Crippen molar-refractivity contribution in [3.05, 3.63) is 63.1 Å². The average molecular weight is 514 g/mol. The van der Waals surface area contributed by atoms with E-state index >= 15 is 0 Å². The Morgan fingerprint density at radius 2 is 1.64 bits per heavy atom. The molecule has 0 fully saturated rings. The molecule has 0 saturated carbocycles. The molecule has 0 heterocycles. The monoisotopic (exact) mass is 512 g/mol. The van der Waals surface area contributed by atoms with Crippen molar-refractivity contribution in [2.75, 3.05) is 6.61 Å². The largest absolute Gasteiger partial charge is 0.494 e. The van der Waals surface area contributed by atoms with Crippen LogP contribution in [0.25, 0.3) is 0 Å². The van der Waals surface area contributed by atoms with Gasteiger partial charge in [-0.15, -0.1) is 0 Å². The molecule has 8 heteroatoms. The fourth-order valence-electron chi connectivity index (χ4n) is 3.30. The minimum absolute atomic E-state index is 0.0141. The first-order valence-corrected chi connectivity index (χ1v) is 12.3. The lowest BCUT2D eigenvalue weighted by molar-refractivity contribution is -0.141. The van der Waals surface area contributed by atoms with Gasteiger partial charge in [0, 0.05) is 39.6 Å². The van der Waals surface area contributed by atoms with Crippen molar-refractivity contribution in [3.8, 4) is 5.75 Å². The molecular weight excluding hydrogens is 483 g/mol. The smallest absolute Gasteiger partial charge is 0.243 e. The van der Waals surface area contributed by atoms with Gasteiger partial charge in [-0.3, -0.25) is 9.59 Å². The number of rotatable bonds is 12. The van der Waals surface area contributed by atoms with Crippen molar-refractivity contribution < 1.29 is 14.3 Å². The number of carbonyl (C=O) groups is 2. The third kappa shape index (κ3) is 8.40. The number of nitrogens with zero attached hydrogens (tertiary/aromatic N) is 1.